The summed E-state index contributed by atoms with van der Waals surface area (Å²) in [5.74, 6) is 0. The second-order valence-corrected chi connectivity index (χ2v) is 6.98. The average Bonchev–Trinajstić information content (AvgIpc) is 2.86. The molecule has 4 heteroatoms. The normalized spacial score (nSPS) is 13.7. The van der Waals surface area contributed by atoms with Crippen LogP contribution in [-0.4, -0.2) is 8.42 Å². The van der Waals surface area contributed by atoms with Crippen molar-refractivity contribution in [2.45, 2.75) is 25.2 Å². The Morgan fingerprint density at radius 2 is 1.71 bits per heavy atom. The summed E-state index contributed by atoms with van der Waals surface area (Å²) in [7, 11) is -3.54. The van der Waals surface area contributed by atoms with Crippen molar-refractivity contribution in [2.24, 2.45) is 0 Å². The molecule has 2 aromatic rings. The highest BCUT2D eigenvalue weighted by Crippen LogP contribution is 2.35. The van der Waals surface area contributed by atoms with E-state index in [-0.39, 0.29) is 4.90 Å². The Hall–Kier alpha value is -2.07. The summed E-state index contributed by atoms with van der Waals surface area (Å²) in [5.41, 5.74) is 5.30. The molecule has 0 bridgehead atoms. The van der Waals surface area contributed by atoms with E-state index in [1.165, 1.54) is 16.7 Å². The Labute approximate surface area is 125 Å². The molecule has 0 aliphatic heterocycles. The molecule has 0 fully saturated rings. The van der Waals surface area contributed by atoms with E-state index < -0.39 is 10.0 Å². The van der Waals surface area contributed by atoms with E-state index in [9.17, 15) is 8.42 Å². The van der Waals surface area contributed by atoms with Crippen molar-refractivity contribution in [3.63, 3.8) is 0 Å². The van der Waals surface area contributed by atoms with Crippen molar-refractivity contribution >= 4 is 21.3 Å². The molecule has 108 valence electrons. The summed E-state index contributed by atoms with van der Waals surface area (Å²) in [4.78, 5) is 0.280. The second-order valence-electron chi connectivity index (χ2n) is 5.29. The van der Waals surface area contributed by atoms with E-state index in [1.54, 1.807) is 30.3 Å². The van der Waals surface area contributed by atoms with Crippen LogP contribution in [0.3, 0.4) is 0 Å². The summed E-state index contributed by atoms with van der Waals surface area (Å²) in [6, 6.07) is 12.3. The predicted molar refractivity (Wildman–Crippen MR) is 85.8 cm³/mol. The standard InChI is InChI=1S/C17H17NO2S/c1-12-8-10-15-16(11-9-13(2)17(12)15)18-21(19,20)14-6-4-3-5-7-14/h3-9,11,18H,10H2,1-2H3. The van der Waals surface area contributed by atoms with Gasteiger partial charge in [-0.2, -0.15) is 0 Å². The van der Waals surface area contributed by atoms with Crippen molar-refractivity contribution in [2.75, 3.05) is 4.72 Å². The van der Waals surface area contributed by atoms with Gasteiger partial charge in [-0.3, -0.25) is 4.72 Å². The highest BCUT2D eigenvalue weighted by atomic mass is 32.2. The fourth-order valence-corrected chi connectivity index (χ4v) is 3.90. The molecule has 3 nitrogen and oxygen atoms in total. The first-order valence-electron chi connectivity index (χ1n) is 6.86. The van der Waals surface area contributed by atoms with Crippen LogP contribution < -0.4 is 4.72 Å². The third-order valence-corrected chi connectivity index (χ3v) is 5.21. The van der Waals surface area contributed by atoms with Crippen LogP contribution in [0.5, 0.6) is 0 Å². The number of rotatable bonds is 3. The molecule has 0 saturated carbocycles. The number of aryl methyl sites for hydroxylation is 1. The van der Waals surface area contributed by atoms with Gasteiger partial charge in [-0.15, -0.1) is 0 Å². The number of hydrogen-bond donors (Lipinski definition) is 1. The van der Waals surface area contributed by atoms with Gasteiger partial charge >= 0.3 is 0 Å². The molecule has 0 spiro atoms. The van der Waals surface area contributed by atoms with Gasteiger partial charge in [0.15, 0.2) is 0 Å². The van der Waals surface area contributed by atoms with Crippen LogP contribution in [0.25, 0.3) is 5.57 Å². The molecule has 2 aromatic carbocycles. The third-order valence-electron chi connectivity index (χ3n) is 3.83. The van der Waals surface area contributed by atoms with Crippen LogP contribution in [0.15, 0.2) is 53.4 Å². The Bertz CT molecular complexity index is 821. The highest BCUT2D eigenvalue weighted by molar-refractivity contribution is 7.92. The van der Waals surface area contributed by atoms with Crippen LogP contribution in [0.4, 0.5) is 5.69 Å². The van der Waals surface area contributed by atoms with E-state index in [4.69, 9.17) is 0 Å². The lowest BCUT2D eigenvalue weighted by atomic mass is 9.99. The van der Waals surface area contributed by atoms with Crippen LogP contribution in [0.1, 0.15) is 23.6 Å². The first-order valence-corrected chi connectivity index (χ1v) is 8.35. The number of fused-ring (bicyclic) bond motifs is 1. The third kappa shape index (κ3) is 2.47. The van der Waals surface area contributed by atoms with Crippen LogP contribution in [-0.2, 0) is 16.4 Å². The number of hydrogen-bond acceptors (Lipinski definition) is 2. The fraction of sp³-hybridized carbons (Fsp3) is 0.176. The van der Waals surface area contributed by atoms with Crippen molar-refractivity contribution in [3.05, 3.63) is 65.2 Å². The number of nitrogens with one attached hydrogen (secondary N) is 1. The van der Waals surface area contributed by atoms with Gasteiger partial charge in [-0.05, 0) is 60.7 Å². The minimum absolute atomic E-state index is 0.280. The minimum atomic E-state index is -3.54. The van der Waals surface area contributed by atoms with E-state index in [2.05, 4.69) is 24.6 Å². The highest BCUT2D eigenvalue weighted by Gasteiger charge is 2.21. The molecule has 0 saturated heterocycles. The molecule has 0 aromatic heterocycles. The molecule has 1 aliphatic rings. The second kappa shape index (κ2) is 5.04. The van der Waals surface area contributed by atoms with Gasteiger partial charge in [0.25, 0.3) is 10.0 Å². The maximum atomic E-state index is 12.4. The molecule has 0 heterocycles. The SMILES string of the molecule is CC1=CCc2c(NS(=O)(=O)c3ccccc3)ccc(C)c21. The Balaban J connectivity index is 2.02. The zero-order valence-corrected chi connectivity index (χ0v) is 12.9. The van der Waals surface area contributed by atoms with Gasteiger partial charge in [0.05, 0.1) is 10.6 Å². The van der Waals surface area contributed by atoms with E-state index in [0.29, 0.717) is 5.69 Å². The topological polar surface area (TPSA) is 46.2 Å². The average molecular weight is 299 g/mol. The monoisotopic (exact) mass is 299 g/mol. The molecule has 0 radical (unpaired) electrons. The number of allylic oxidation sites excluding steroid dienone is 2. The van der Waals surface area contributed by atoms with Crippen molar-refractivity contribution < 1.29 is 8.42 Å². The molecule has 1 aliphatic carbocycles. The number of anilines is 1. The van der Waals surface area contributed by atoms with Crippen molar-refractivity contribution in [1.29, 1.82) is 0 Å². The Kier molecular flexibility index (Phi) is 3.33. The molecule has 1 N–H and O–H groups in total. The van der Waals surface area contributed by atoms with Gasteiger partial charge in [-0.1, -0.05) is 30.3 Å². The van der Waals surface area contributed by atoms with Gasteiger partial charge < -0.3 is 0 Å². The Morgan fingerprint density at radius 1 is 1.00 bits per heavy atom. The zero-order chi connectivity index (χ0) is 15.0. The number of benzene rings is 2. The fourth-order valence-electron chi connectivity index (χ4n) is 2.78. The van der Waals surface area contributed by atoms with Crippen molar-refractivity contribution in [3.8, 4) is 0 Å². The van der Waals surface area contributed by atoms with E-state index in [1.807, 2.05) is 12.1 Å². The summed E-state index contributed by atoms with van der Waals surface area (Å²) >= 11 is 0. The predicted octanol–water partition coefficient (Wildman–Crippen LogP) is 3.76. The number of sulfonamides is 1. The van der Waals surface area contributed by atoms with Crippen LogP contribution >= 0.6 is 0 Å². The molecule has 0 unspecified atom stereocenters. The summed E-state index contributed by atoms with van der Waals surface area (Å²) in [6.07, 6.45) is 2.91. The maximum absolute atomic E-state index is 12.4. The van der Waals surface area contributed by atoms with E-state index in [0.717, 1.165) is 12.0 Å². The first-order chi connectivity index (χ1) is 9.99. The molecular formula is C17H17NO2S. The first kappa shape index (κ1) is 13.9. The van der Waals surface area contributed by atoms with Gasteiger partial charge in [0, 0.05) is 0 Å². The largest absolute Gasteiger partial charge is 0.279 e. The molecule has 21 heavy (non-hydrogen) atoms. The zero-order valence-electron chi connectivity index (χ0n) is 12.1. The van der Waals surface area contributed by atoms with E-state index >= 15 is 0 Å². The van der Waals surface area contributed by atoms with Gasteiger partial charge in [-0.25, -0.2) is 8.42 Å². The van der Waals surface area contributed by atoms with Gasteiger partial charge in [0.1, 0.15) is 0 Å². The van der Waals surface area contributed by atoms with Gasteiger partial charge in [0.2, 0.25) is 0 Å². The minimum Gasteiger partial charge on any atom is -0.279 e. The lowest BCUT2D eigenvalue weighted by molar-refractivity contribution is 0.601. The quantitative estimate of drug-likeness (QED) is 0.938. The lowest BCUT2D eigenvalue weighted by Crippen LogP contribution is -2.14. The summed E-state index contributed by atoms with van der Waals surface area (Å²) in [6.45, 7) is 4.12. The smallest absolute Gasteiger partial charge is 0.261 e. The van der Waals surface area contributed by atoms with Crippen molar-refractivity contribution in [1.82, 2.24) is 0 Å². The summed E-state index contributed by atoms with van der Waals surface area (Å²) in [5, 5.41) is 0. The molecular weight excluding hydrogens is 282 g/mol. The molecule has 3 rings (SSSR count). The van der Waals surface area contributed by atoms with Crippen LogP contribution in [0.2, 0.25) is 0 Å². The Morgan fingerprint density at radius 3 is 2.43 bits per heavy atom. The molecule has 0 amide bonds. The summed E-state index contributed by atoms with van der Waals surface area (Å²) < 4.78 is 27.6. The molecule has 0 atom stereocenters. The maximum Gasteiger partial charge on any atom is 0.261 e. The van der Waals surface area contributed by atoms with Crippen LogP contribution in [0, 0.1) is 6.92 Å². The lowest BCUT2D eigenvalue weighted by Gasteiger charge is -2.14.